The van der Waals surface area contributed by atoms with E-state index in [1.807, 2.05) is 23.1 Å². The maximum absolute atomic E-state index is 12.7. The average molecular weight is 329 g/mol. The van der Waals surface area contributed by atoms with Gasteiger partial charge in [0.1, 0.15) is 0 Å². The van der Waals surface area contributed by atoms with Crippen molar-refractivity contribution in [1.82, 2.24) is 15.2 Å². The van der Waals surface area contributed by atoms with Crippen LogP contribution in [0.15, 0.2) is 23.0 Å². The van der Waals surface area contributed by atoms with Gasteiger partial charge in [-0.25, -0.2) is 0 Å². The second-order valence-electron chi connectivity index (χ2n) is 6.02. The normalized spacial score (nSPS) is 18.0. The van der Waals surface area contributed by atoms with Gasteiger partial charge in [0, 0.05) is 54.0 Å². The molecule has 0 spiro atoms. The van der Waals surface area contributed by atoms with E-state index in [2.05, 4.69) is 10.3 Å². The average Bonchev–Trinajstić information content (AvgIpc) is 2.62. The van der Waals surface area contributed by atoms with Crippen LogP contribution in [0.4, 0.5) is 0 Å². The summed E-state index contributed by atoms with van der Waals surface area (Å²) in [5.74, 6) is 1.87. The largest absolute Gasteiger partial charge is 0.336 e. The molecule has 6 heteroatoms. The number of fused-ring (bicyclic) bond motifs is 3. The first kappa shape index (κ1) is 14.8. The number of pyridine rings is 1. The van der Waals surface area contributed by atoms with E-state index in [0.29, 0.717) is 5.56 Å². The van der Waals surface area contributed by atoms with Crippen molar-refractivity contribution in [2.45, 2.75) is 12.2 Å². The number of aromatic amines is 1. The Kier molecular flexibility index (Phi) is 3.87. The number of benzene rings is 1. The molecule has 2 N–H and O–H groups in total. The van der Waals surface area contributed by atoms with Crippen LogP contribution < -0.4 is 10.9 Å². The van der Waals surface area contributed by atoms with Gasteiger partial charge in [0.25, 0.3) is 11.5 Å². The number of thioether (sulfide) groups is 1. The molecule has 4 rings (SSSR count). The zero-order chi connectivity index (χ0) is 15.8. The Balaban J connectivity index is 1.79. The number of nitrogens with zero attached hydrogens (tertiary/aromatic N) is 1. The monoisotopic (exact) mass is 329 g/mol. The van der Waals surface area contributed by atoms with Gasteiger partial charge in [-0.1, -0.05) is 0 Å². The number of rotatable bonds is 1. The highest BCUT2D eigenvalue weighted by Gasteiger charge is 2.21. The van der Waals surface area contributed by atoms with Crippen LogP contribution in [-0.2, 0) is 12.2 Å². The van der Waals surface area contributed by atoms with E-state index in [4.69, 9.17) is 0 Å². The van der Waals surface area contributed by atoms with E-state index in [1.165, 1.54) is 0 Å². The molecule has 2 aliphatic heterocycles. The van der Waals surface area contributed by atoms with Crippen molar-refractivity contribution in [3.05, 3.63) is 45.2 Å². The van der Waals surface area contributed by atoms with Gasteiger partial charge >= 0.3 is 0 Å². The summed E-state index contributed by atoms with van der Waals surface area (Å²) >= 11 is 1.79. The Morgan fingerprint density at radius 1 is 1.17 bits per heavy atom. The highest BCUT2D eigenvalue weighted by molar-refractivity contribution is 7.98. The van der Waals surface area contributed by atoms with E-state index in [9.17, 15) is 9.59 Å². The topological polar surface area (TPSA) is 65.2 Å². The molecule has 2 aliphatic rings. The van der Waals surface area contributed by atoms with Gasteiger partial charge < -0.3 is 15.2 Å². The summed E-state index contributed by atoms with van der Waals surface area (Å²) in [4.78, 5) is 29.7. The van der Waals surface area contributed by atoms with Crippen LogP contribution in [0.2, 0.25) is 0 Å². The van der Waals surface area contributed by atoms with Crippen molar-refractivity contribution in [1.29, 1.82) is 0 Å². The fraction of sp³-hybridized carbons (Fsp3) is 0.412. The van der Waals surface area contributed by atoms with Crippen LogP contribution in [-0.4, -0.2) is 47.7 Å². The second kappa shape index (κ2) is 6.02. The van der Waals surface area contributed by atoms with Gasteiger partial charge in [-0.3, -0.25) is 9.59 Å². The van der Waals surface area contributed by atoms with Gasteiger partial charge in [0.2, 0.25) is 0 Å². The third kappa shape index (κ3) is 2.66. The van der Waals surface area contributed by atoms with Crippen LogP contribution in [0.5, 0.6) is 0 Å². The summed E-state index contributed by atoms with van der Waals surface area (Å²) < 4.78 is 0. The predicted octanol–water partition coefficient (Wildman–Crippen LogP) is 1.36. The lowest BCUT2D eigenvalue weighted by atomic mass is 9.99. The Morgan fingerprint density at radius 2 is 2.00 bits per heavy atom. The fourth-order valence-electron chi connectivity index (χ4n) is 3.37. The first-order valence-corrected chi connectivity index (χ1v) is 9.15. The maximum Gasteiger partial charge on any atom is 0.253 e. The van der Waals surface area contributed by atoms with Crippen molar-refractivity contribution in [2.24, 2.45) is 0 Å². The summed E-state index contributed by atoms with van der Waals surface area (Å²) in [6, 6.07) is 5.66. The summed E-state index contributed by atoms with van der Waals surface area (Å²) in [6.07, 6.45) is 0.895. The van der Waals surface area contributed by atoms with Crippen LogP contribution in [0, 0.1) is 0 Å². The zero-order valence-corrected chi connectivity index (χ0v) is 13.7. The quantitative estimate of drug-likeness (QED) is 0.829. The van der Waals surface area contributed by atoms with Crippen molar-refractivity contribution < 1.29 is 4.79 Å². The molecule has 0 bridgehead atoms. The van der Waals surface area contributed by atoms with Gasteiger partial charge in [0.05, 0.1) is 0 Å². The number of aryl methyl sites for hydroxylation is 1. The van der Waals surface area contributed by atoms with E-state index >= 15 is 0 Å². The Morgan fingerprint density at radius 3 is 2.83 bits per heavy atom. The number of nitrogens with one attached hydrogen (secondary N) is 2. The molecule has 1 saturated heterocycles. The maximum atomic E-state index is 12.7. The number of piperazine rings is 1. The fourth-order valence-corrected chi connectivity index (χ4v) is 4.37. The Hall–Kier alpha value is -1.79. The number of hydrogen-bond acceptors (Lipinski definition) is 4. The molecule has 23 heavy (non-hydrogen) atoms. The molecule has 120 valence electrons. The van der Waals surface area contributed by atoms with E-state index in [1.54, 1.807) is 11.8 Å². The predicted molar refractivity (Wildman–Crippen MR) is 93.2 cm³/mol. The van der Waals surface area contributed by atoms with Crippen molar-refractivity contribution in [3.8, 4) is 0 Å². The number of carbonyl (C=O) groups excluding carboxylic acids is 1. The molecule has 3 heterocycles. The molecule has 0 unspecified atom stereocenters. The molecule has 1 aromatic heterocycles. The number of aromatic nitrogens is 1. The van der Waals surface area contributed by atoms with E-state index in [0.717, 1.165) is 66.1 Å². The molecule has 0 aliphatic carbocycles. The highest BCUT2D eigenvalue weighted by atomic mass is 32.2. The number of amides is 1. The molecular formula is C17H19N3O2S. The summed E-state index contributed by atoms with van der Waals surface area (Å²) in [5.41, 5.74) is 3.56. The number of H-pyrrole nitrogens is 1. The molecule has 0 saturated carbocycles. The van der Waals surface area contributed by atoms with Crippen LogP contribution in [0.25, 0.3) is 10.9 Å². The summed E-state index contributed by atoms with van der Waals surface area (Å²) in [7, 11) is 0. The van der Waals surface area contributed by atoms with Gasteiger partial charge in [-0.15, -0.1) is 0 Å². The van der Waals surface area contributed by atoms with Crippen molar-refractivity contribution in [2.75, 3.05) is 31.9 Å². The molecule has 2 aromatic rings. The van der Waals surface area contributed by atoms with Gasteiger partial charge in [-0.2, -0.15) is 11.8 Å². The third-order valence-electron chi connectivity index (χ3n) is 4.63. The first-order chi connectivity index (χ1) is 11.2. The Labute approximate surface area is 138 Å². The Bertz CT molecular complexity index is 824. The molecule has 0 atom stereocenters. The minimum Gasteiger partial charge on any atom is -0.336 e. The zero-order valence-electron chi connectivity index (χ0n) is 12.9. The molecule has 1 amide bonds. The third-order valence-corrected chi connectivity index (χ3v) is 5.61. The molecule has 5 nitrogen and oxygen atoms in total. The lowest BCUT2D eigenvalue weighted by Gasteiger charge is -2.27. The highest BCUT2D eigenvalue weighted by Crippen LogP contribution is 2.28. The van der Waals surface area contributed by atoms with Crippen molar-refractivity contribution in [3.63, 3.8) is 0 Å². The van der Waals surface area contributed by atoms with E-state index in [-0.39, 0.29) is 11.5 Å². The van der Waals surface area contributed by atoms with Crippen LogP contribution >= 0.6 is 11.8 Å². The molecule has 0 radical (unpaired) electrons. The molecule has 1 aromatic carbocycles. The standard InChI is InChI=1S/C17H19N3O2S/c21-16-14-10-23-8-3-12(14)13-9-11(1-2-15(13)19-16)17(22)20-6-4-18-5-7-20/h1-2,9,18H,3-8,10H2,(H,19,21). The number of hydrogen-bond donors (Lipinski definition) is 2. The minimum absolute atomic E-state index is 0.0147. The van der Waals surface area contributed by atoms with Gasteiger partial charge in [0.15, 0.2) is 0 Å². The molecule has 1 fully saturated rings. The summed E-state index contributed by atoms with van der Waals surface area (Å²) in [5, 5.41) is 4.29. The first-order valence-electron chi connectivity index (χ1n) is 7.99. The van der Waals surface area contributed by atoms with Crippen LogP contribution in [0.1, 0.15) is 21.5 Å². The lowest BCUT2D eigenvalue weighted by molar-refractivity contribution is 0.0736. The number of carbonyl (C=O) groups is 1. The van der Waals surface area contributed by atoms with Crippen molar-refractivity contribution >= 4 is 28.6 Å². The lowest BCUT2D eigenvalue weighted by Crippen LogP contribution is -2.46. The molecular weight excluding hydrogens is 310 g/mol. The second-order valence-corrected chi connectivity index (χ2v) is 7.12. The van der Waals surface area contributed by atoms with Crippen LogP contribution in [0.3, 0.4) is 0 Å². The smallest absolute Gasteiger partial charge is 0.253 e. The van der Waals surface area contributed by atoms with Gasteiger partial charge in [-0.05, 0) is 35.9 Å². The van der Waals surface area contributed by atoms with E-state index < -0.39 is 0 Å². The SMILES string of the molecule is O=C(c1ccc2[nH]c(=O)c3c(c2c1)CCSC3)N1CCNCC1. The minimum atomic E-state index is 0.0147. The summed E-state index contributed by atoms with van der Waals surface area (Å²) in [6.45, 7) is 3.19.